The molecule has 2 aromatic rings. The zero-order valence-electron chi connectivity index (χ0n) is 8.33. The Morgan fingerprint density at radius 3 is 3.14 bits per heavy atom. The van der Waals surface area contributed by atoms with Gasteiger partial charge in [0, 0.05) is 11.4 Å². The van der Waals surface area contributed by atoms with Gasteiger partial charge in [0.15, 0.2) is 0 Å². The number of nitrogens with zero attached hydrogens (tertiary/aromatic N) is 1. The first kappa shape index (κ1) is 9.21. The Balaban J connectivity index is 2.27. The molecule has 0 aliphatic rings. The third-order valence-corrected chi connectivity index (χ3v) is 2.43. The topological polar surface area (TPSA) is 54.7 Å². The first-order valence-corrected chi connectivity index (χ1v) is 4.94. The van der Waals surface area contributed by atoms with Crippen molar-refractivity contribution in [1.29, 1.82) is 0 Å². The van der Waals surface area contributed by atoms with Gasteiger partial charge in [-0.25, -0.2) is 0 Å². The minimum atomic E-state index is 0.258. The van der Waals surface area contributed by atoms with Crippen LogP contribution in [0.3, 0.4) is 0 Å². The molecule has 0 saturated carbocycles. The summed E-state index contributed by atoms with van der Waals surface area (Å²) in [5, 5.41) is 8.23. The molecule has 0 fully saturated rings. The fourth-order valence-corrected chi connectivity index (χ4v) is 1.62. The van der Waals surface area contributed by atoms with E-state index < -0.39 is 0 Å². The van der Waals surface area contributed by atoms with Gasteiger partial charge in [-0.15, -0.1) is 0 Å². The molecule has 1 aromatic heterocycles. The molecule has 3 heteroatoms. The maximum atomic E-state index is 5.73. The van der Waals surface area contributed by atoms with E-state index in [1.807, 2.05) is 13.1 Å². The highest BCUT2D eigenvalue weighted by molar-refractivity contribution is 5.81. The lowest BCUT2D eigenvalue weighted by Gasteiger charge is -2.05. The first-order chi connectivity index (χ1) is 6.77. The van der Waals surface area contributed by atoms with Gasteiger partial charge in [-0.05, 0) is 25.3 Å². The van der Waals surface area contributed by atoms with E-state index in [9.17, 15) is 0 Å². The van der Waals surface area contributed by atoms with Gasteiger partial charge in [0.1, 0.15) is 0 Å². The van der Waals surface area contributed by atoms with E-state index in [1.165, 1.54) is 10.9 Å². The van der Waals surface area contributed by atoms with Gasteiger partial charge in [-0.3, -0.25) is 5.10 Å². The monoisotopic (exact) mass is 189 g/mol. The van der Waals surface area contributed by atoms with Crippen LogP contribution in [-0.4, -0.2) is 16.2 Å². The van der Waals surface area contributed by atoms with Crippen LogP contribution in [-0.2, 0) is 6.42 Å². The van der Waals surface area contributed by atoms with Crippen LogP contribution < -0.4 is 5.73 Å². The molecule has 74 valence electrons. The average molecular weight is 189 g/mol. The Morgan fingerprint density at radius 1 is 1.50 bits per heavy atom. The fourth-order valence-electron chi connectivity index (χ4n) is 1.62. The Kier molecular flexibility index (Phi) is 2.50. The van der Waals surface area contributed by atoms with E-state index in [0.29, 0.717) is 0 Å². The summed E-state index contributed by atoms with van der Waals surface area (Å²) < 4.78 is 0. The molecule has 0 radical (unpaired) electrons. The summed E-state index contributed by atoms with van der Waals surface area (Å²) in [7, 11) is 0. The molecule has 14 heavy (non-hydrogen) atoms. The number of hydrogen-bond donors (Lipinski definition) is 2. The van der Waals surface area contributed by atoms with Gasteiger partial charge in [0.05, 0.1) is 11.7 Å². The number of fused-ring (bicyclic) bond motifs is 1. The van der Waals surface area contributed by atoms with Crippen molar-refractivity contribution in [3.63, 3.8) is 0 Å². The van der Waals surface area contributed by atoms with Crippen molar-refractivity contribution in [2.75, 3.05) is 0 Å². The number of H-pyrrole nitrogens is 1. The van der Waals surface area contributed by atoms with Crippen LogP contribution in [0.4, 0.5) is 0 Å². The smallest absolute Gasteiger partial charge is 0.0682 e. The average Bonchev–Trinajstić information content (AvgIpc) is 2.62. The largest absolute Gasteiger partial charge is 0.328 e. The van der Waals surface area contributed by atoms with Gasteiger partial charge in [-0.2, -0.15) is 5.10 Å². The highest BCUT2D eigenvalue weighted by Crippen LogP contribution is 2.17. The third-order valence-electron chi connectivity index (χ3n) is 2.43. The fraction of sp³-hybridized carbons (Fsp3) is 0.364. The molecular formula is C11H15N3. The summed E-state index contributed by atoms with van der Waals surface area (Å²) in [6.45, 7) is 2.03. The predicted octanol–water partition coefficient (Wildman–Crippen LogP) is 1.84. The van der Waals surface area contributed by atoms with Crippen LogP contribution in [0.2, 0.25) is 0 Å². The summed E-state index contributed by atoms with van der Waals surface area (Å²) in [6, 6.07) is 6.51. The van der Waals surface area contributed by atoms with Crippen LogP contribution in [0.5, 0.6) is 0 Å². The van der Waals surface area contributed by atoms with E-state index in [0.717, 1.165) is 18.4 Å². The number of nitrogens with one attached hydrogen (secondary N) is 1. The zero-order valence-corrected chi connectivity index (χ0v) is 8.33. The maximum Gasteiger partial charge on any atom is 0.0682 e. The highest BCUT2D eigenvalue weighted by Gasteiger charge is 2.03. The van der Waals surface area contributed by atoms with Crippen molar-refractivity contribution in [1.82, 2.24) is 10.2 Å². The highest BCUT2D eigenvalue weighted by atomic mass is 15.1. The number of aryl methyl sites for hydroxylation is 1. The molecule has 3 N–H and O–H groups in total. The molecule has 0 amide bonds. The molecular weight excluding hydrogens is 174 g/mol. The second-order valence-electron chi connectivity index (χ2n) is 3.77. The van der Waals surface area contributed by atoms with Gasteiger partial charge in [-0.1, -0.05) is 18.2 Å². The normalized spacial score (nSPS) is 13.3. The second kappa shape index (κ2) is 3.80. The number of aromatic amines is 1. The van der Waals surface area contributed by atoms with Crippen molar-refractivity contribution in [2.45, 2.75) is 25.8 Å². The van der Waals surface area contributed by atoms with Crippen LogP contribution in [0.15, 0.2) is 24.4 Å². The number of aromatic nitrogens is 2. The number of hydrogen-bond acceptors (Lipinski definition) is 2. The Bertz CT molecular complexity index is 417. The molecule has 1 atom stereocenters. The van der Waals surface area contributed by atoms with Gasteiger partial charge >= 0.3 is 0 Å². The standard InChI is InChI=1S/C11H15N3/c1-8(12)5-6-9-3-2-4-10-7-13-14-11(9)10/h2-4,7-8H,5-6,12H2,1H3,(H,13,14). The third kappa shape index (κ3) is 1.77. The summed E-state index contributed by atoms with van der Waals surface area (Å²) in [4.78, 5) is 0. The molecule has 1 heterocycles. The van der Waals surface area contributed by atoms with Crippen molar-refractivity contribution in [3.05, 3.63) is 30.0 Å². The molecule has 0 aliphatic heterocycles. The zero-order chi connectivity index (χ0) is 9.97. The predicted molar refractivity (Wildman–Crippen MR) is 58.1 cm³/mol. The number of para-hydroxylation sites is 1. The van der Waals surface area contributed by atoms with Crippen LogP contribution in [0, 0.1) is 0 Å². The SMILES string of the molecule is CC(N)CCc1cccc2cn[nH]c12. The minimum absolute atomic E-state index is 0.258. The van der Waals surface area contributed by atoms with Crippen molar-refractivity contribution >= 4 is 10.9 Å². The van der Waals surface area contributed by atoms with Crippen molar-refractivity contribution < 1.29 is 0 Å². The van der Waals surface area contributed by atoms with Gasteiger partial charge in [0.2, 0.25) is 0 Å². The van der Waals surface area contributed by atoms with Crippen LogP contribution in [0.25, 0.3) is 10.9 Å². The molecule has 1 unspecified atom stereocenters. The molecule has 0 spiro atoms. The van der Waals surface area contributed by atoms with Gasteiger partial charge in [0.25, 0.3) is 0 Å². The lowest BCUT2D eigenvalue weighted by Crippen LogP contribution is -2.15. The summed E-state index contributed by atoms with van der Waals surface area (Å²) in [5.74, 6) is 0. The van der Waals surface area contributed by atoms with E-state index in [-0.39, 0.29) is 6.04 Å². The van der Waals surface area contributed by atoms with E-state index in [1.54, 1.807) is 0 Å². The van der Waals surface area contributed by atoms with Crippen molar-refractivity contribution in [2.24, 2.45) is 5.73 Å². The van der Waals surface area contributed by atoms with Crippen LogP contribution in [0.1, 0.15) is 18.9 Å². The molecule has 0 bridgehead atoms. The van der Waals surface area contributed by atoms with E-state index in [4.69, 9.17) is 5.73 Å². The molecule has 0 saturated heterocycles. The quantitative estimate of drug-likeness (QED) is 0.774. The molecule has 2 rings (SSSR count). The minimum Gasteiger partial charge on any atom is -0.328 e. The van der Waals surface area contributed by atoms with E-state index >= 15 is 0 Å². The Labute approximate surface area is 83.3 Å². The maximum absolute atomic E-state index is 5.73. The summed E-state index contributed by atoms with van der Waals surface area (Å²) in [5.41, 5.74) is 8.18. The molecule has 1 aromatic carbocycles. The number of benzene rings is 1. The van der Waals surface area contributed by atoms with Crippen molar-refractivity contribution in [3.8, 4) is 0 Å². The first-order valence-electron chi connectivity index (χ1n) is 4.94. The number of rotatable bonds is 3. The summed E-state index contributed by atoms with van der Waals surface area (Å²) >= 11 is 0. The number of nitrogens with two attached hydrogens (primary N) is 1. The molecule has 0 aliphatic carbocycles. The van der Waals surface area contributed by atoms with Crippen LogP contribution >= 0.6 is 0 Å². The lowest BCUT2D eigenvalue weighted by atomic mass is 10.0. The molecule has 3 nitrogen and oxygen atoms in total. The summed E-state index contributed by atoms with van der Waals surface area (Å²) in [6.07, 6.45) is 3.88. The Morgan fingerprint density at radius 2 is 2.36 bits per heavy atom. The van der Waals surface area contributed by atoms with Gasteiger partial charge < -0.3 is 5.73 Å². The van der Waals surface area contributed by atoms with E-state index in [2.05, 4.69) is 28.4 Å². The second-order valence-corrected chi connectivity index (χ2v) is 3.77. The lowest BCUT2D eigenvalue weighted by molar-refractivity contribution is 0.667. The Hall–Kier alpha value is -1.35.